The topological polar surface area (TPSA) is 67.4 Å². The van der Waals surface area contributed by atoms with Crippen LogP contribution in [0.3, 0.4) is 0 Å². The Morgan fingerprint density at radius 2 is 2.20 bits per heavy atom. The maximum Gasteiger partial charge on any atom is 0.263 e. The fourth-order valence-corrected chi connectivity index (χ4v) is 2.89. The molecule has 1 aromatic rings. The van der Waals surface area contributed by atoms with Crippen molar-refractivity contribution in [2.45, 2.75) is 32.1 Å². The Morgan fingerprint density at radius 1 is 1.40 bits per heavy atom. The molecule has 3 rings (SSSR count). The number of hydrogen-bond acceptors (Lipinski definition) is 5. The number of fused-ring (bicyclic) bond motifs is 1. The van der Waals surface area contributed by atoms with E-state index < -0.39 is 0 Å². The predicted octanol–water partition coefficient (Wildman–Crippen LogP) is 1.82. The summed E-state index contributed by atoms with van der Waals surface area (Å²) >= 11 is 0. The molecule has 1 N–H and O–H groups in total. The zero-order valence-electron chi connectivity index (χ0n) is 11.8. The number of amides is 1. The number of ether oxygens (including phenoxy) is 1. The SMILES string of the molecule is CN(CC1CCCCC1)c1cnc2c(n1)NC(=O)CO2. The van der Waals surface area contributed by atoms with Gasteiger partial charge in [-0.2, -0.15) is 0 Å². The van der Waals surface area contributed by atoms with Gasteiger partial charge in [-0.05, 0) is 18.8 Å². The van der Waals surface area contributed by atoms with E-state index >= 15 is 0 Å². The van der Waals surface area contributed by atoms with Crippen molar-refractivity contribution in [3.05, 3.63) is 6.20 Å². The molecule has 0 radical (unpaired) electrons. The van der Waals surface area contributed by atoms with Crippen LogP contribution in [0.5, 0.6) is 5.88 Å². The highest BCUT2D eigenvalue weighted by molar-refractivity contribution is 5.93. The Balaban J connectivity index is 1.69. The minimum Gasteiger partial charge on any atom is -0.465 e. The number of carbonyl (C=O) groups excluding carboxylic acids is 1. The number of carbonyl (C=O) groups is 1. The van der Waals surface area contributed by atoms with Crippen LogP contribution in [0.25, 0.3) is 0 Å². The van der Waals surface area contributed by atoms with Crippen molar-refractivity contribution in [1.82, 2.24) is 9.97 Å². The molecule has 0 atom stereocenters. The van der Waals surface area contributed by atoms with Gasteiger partial charge < -0.3 is 15.0 Å². The number of nitrogens with zero attached hydrogens (tertiary/aromatic N) is 3. The largest absolute Gasteiger partial charge is 0.465 e. The molecule has 0 spiro atoms. The van der Waals surface area contributed by atoms with Crippen LogP contribution >= 0.6 is 0 Å². The fourth-order valence-electron chi connectivity index (χ4n) is 2.89. The summed E-state index contributed by atoms with van der Waals surface area (Å²) in [6.45, 7) is 1.00. The molecule has 2 heterocycles. The Hall–Kier alpha value is -1.85. The number of anilines is 2. The van der Waals surface area contributed by atoms with E-state index in [1.807, 2.05) is 7.05 Å². The highest BCUT2D eigenvalue weighted by Crippen LogP contribution is 2.28. The minimum absolute atomic E-state index is 0.0128. The van der Waals surface area contributed by atoms with Crippen molar-refractivity contribution in [2.24, 2.45) is 5.92 Å². The van der Waals surface area contributed by atoms with Gasteiger partial charge in [-0.25, -0.2) is 9.97 Å². The molecule has 20 heavy (non-hydrogen) atoms. The van der Waals surface area contributed by atoms with Crippen LogP contribution < -0.4 is 15.0 Å². The van der Waals surface area contributed by atoms with Crippen LogP contribution in [0.4, 0.5) is 11.6 Å². The van der Waals surface area contributed by atoms with Gasteiger partial charge in [-0.15, -0.1) is 0 Å². The Kier molecular flexibility index (Phi) is 3.71. The van der Waals surface area contributed by atoms with E-state index in [-0.39, 0.29) is 12.5 Å². The smallest absolute Gasteiger partial charge is 0.263 e. The van der Waals surface area contributed by atoms with Crippen LogP contribution in [0, 0.1) is 5.92 Å². The number of hydrogen-bond donors (Lipinski definition) is 1. The number of aromatic nitrogens is 2. The van der Waals surface area contributed by atoms with Gasteiger partial charge in [0.1, 0.15) is 5.82 Å². The Labute approximate surface area is 118 Å². The third-order valence-corrected chi connectivity index (χ3v) is 3.97. The first-order valence-electron chi connectivity index (χ1n) is 7.23. The molecule has 1 fully saturated rings. The lowest BCUT2D eigenvalue weighted by Crippen LogP contribution is -2.30. The molecular weight excluding hydrogens is 256 g/mol. The van der Waals surface area contributed by atoms with Crippen LogP contribution in [0.1, 0.15) is 32.1 Å². The third kappa shape index (κ3) is 2.84. The van der Waals surface area contributed by atoms with Crippen LogP contribution in [0.15, 0.2) is 6.20 Å². The maximum absolute atomic E-state index is 11.3. The van der Waals surface area contributed by atoms with Gasteiger partial charge in [0.2, 0.25) is 0 Å². The Morgan fingerprint density at radius 3 is 3.00 bits per heavy atom. The zero-order chi connectivity index (χ0) is 13.9. The summed E-state index contributed by atoms with van der Waals surface area (Å²) in [5, 5.41) is 2.69. The summed E-state index contributed by atoms with van der Waals surface area (Å²) in [4.78, 5) is 22.1. The van der Waals surface area contributed by atoms with E-state index in [0.717, 1.165) is 18.3 Å². The van der Waals surface area contributed by atoms with Crippen molar-refractivity contribution in [1.29, 1.82) is 0 Å². The molecule has 0 bridgehead atoms. The van der Waals surface area contributed by atoms with Crippen molar-refractivity contribution < 1.29 is 9.53 Å². The quantitative estimate of drug-likeness (QED) is 0.912. The van der Waals surface area contributed by atoms with E-state index in [9.17, 15) is 4.79 Å². The highest BCUT2D eigenvalue weighted by atomic mass is 16.5. The van der Waals surface area contributed by atoms with Gasteiger partial charge in [0.05, 0.1) is 6.20 Å². The molecule has 2 aliphatic rings. The molecule has 0 aromatic carbocycles. The molecule has 108 valence electrons. The summed E-state index contributed by atoms with van der Waals surface area (Å²) < 4.78 is 5.22. The second-order valence-electron chi connectivity index (χ2n) is 5.60. The van der Waals surface area contributed by atoms with Crippen molar-refractivity contribution >= 4 is 17.5 Å². The monoisotopic (exact) mass is 276 g/mol. The molecule has 0 unspecified atom stereocenters. The van der Waals surface area contributed by atoms with Crippen LogP contribution in [-0.4, -0.2) is 36.1 Å². The van der Waals surface area contributed by atoms with Gasteiger partial charge in [-0.1, -0.05) is 19.3 Å². The standard InChI is InChI=1S/C14H20N4O2/c1-18(8-10-5-3-2-4-6-10)11-7-15-14-13(16-11)17-12(19)9-20-14/h7,10H,2-6,8-9H2,1H3,(H,16,17,19). The van der Waals surface area contributed by atoms with Crippen LogP contribution in [-0.2, 0) is 4.79 Å². The first-order valence-corrected chi connectivity index (χ1v) is 7.23. The van der Waals surface area contributed by atoms with Crippen LogP contribution in [0.2, 0.25) is 0 Å². The molecule has 6 nitrogen and oxygen atoms in total. The lowest BCUT2D eigenvalue weighted by atomic mass is 9.89. The molecule has 6 heteroatoms. The first-order chi connectivity index (χ1) is 9.72. The predicted molar refractivity (Wildman–Crippen MR) is 76.0 cm³/mol. The van der Waals surface area contributed by atoms with Gasteiger partial charge in [0.15, 0.2) is 12.4 Å². The zero-order valence-corrected chi connectivity index (χ0v) is 11.8. The molecule has 1 aliphatic carbocycles. The van der Waals surface area contributed by atoms with Crippen molar-refractivity contribution in [2.75, 3.05) is 30.4 Å². The maximum atomic E-state index is 11.3. The van der Waals surface area contributed by atoms with E-state index in [2.05, 4.69) is 20.2 Å². The average Bonchev–Trinajstić information content (AvgIpc) is 2.47. The van der Waals surface area contributed by atoms with Gasteiger partial charge in [0.25, 0.3) is 11.8 Å². The van der Waals surface area contributed by atoms with Gasteiger partial charge in [-0.3, -0.25) is 4.79 Å². The van der Waals surface area contributed by atoms with Crippen molar-refractivity contribution in [3.63, 3.8) is 0 Å². The normalized spacial score (nSPS) is 18.9. The van der Waals surface area contributed by atoms with E-state index in [1.54, 1.807) is 6.20 Å². The van der Waals surface area contributed by atoms with Gasteiger partial charge in [0, 0.05) is 13.6 Å². The summed E-state index contributed by atoms with van der Waals surface area (Å²) in [6.07, 6.45) is 8.32. The molecule has 1 aromatic heterocycles. The Bertz CT molecular complexity index is 500. The summed E-state index contributed by atoms with van der Waals surface area (Å²) in [7, 11) is 2.02. The molecule has 0 saturated heterocycles. The summed E-state index contributed by atoms with van der Waals surface area (Å²) in [5.74, 6) is 2.16. The lowest BCUT2D eigenvalue weighted by Gasteiger charge is -2.28. The van der Waals surface area contributed by atoms with E-state index in [0.29, 0.717) is 11.7 Å². The fraction of sp³-hybridized carbons (Fsp3) is 0.643. The number of nitrogens with one attached hydrogen (secondary N) is 1. The minimum atomic E-state index is -0.182. The van der Waals surface area contributed by atoms with E-state index in [1.165, 1.54) is 32.1 Å². The molecular formula is C14H20N4O2. The highest BCUT2D eigenvalue weighted by Gasteiger charge is 2.21. The second-order valence-corrected chi connectivity index (χ2v) is 5.60. The molecule has 1 saturated carbocycles. The van der Waals surface area contributed by atoms with Crippen molar-refractivity contribution in [3.8, 4) is 5.88 Å². The summed E-state index contributed by atoms with van der Waals surface area (Å²) in [6, 6.07) is 0. The third-order valence-electron chi connectivity index (χ3n) is 3.97. The average molecular weight is 276 g/mol. The summed E-state index contributed by atoms with van der Waals surface area (Å²) in [5.41, 5.74) is 0. The first kappa shape index (κ1) is 13.1. The van der Waals surface area contributed by atoms with E-state index in [4.69, 9.17) is 4.74 Å². The van der Waals surface area contributed by atoms with Gasteiger partial charge >= 0.3 is 0 Å². The lowest BCUT2D eigenvalue weighted by molar-refractivity contribution is -0.118. The molecule has 1 amide bonds. The molecule has 1 aliphatic heterocycles. The second kappa shape index (κ2) is 5.64. The number of rotatable bonds is 3.